The van der Waals surface area contributed by atoms with Crippen LogP contribution < -0.4 is 0 Å². The molecular formula is C20H25NO3. The third kappa shape index (κ3) is 3.86. The first-order valence-corrected chi connectivity index (χ1v) is 8.87. The van der Waals surface area contributed by atoms with Crippen molar-refractivity contribution in [2.45, 2.75) is 51.0 Å². The van der Waals surface area contributed by atoms with Gasteiger partial charge in [0.2, 0.25) is 0 Å². The van der Waals surface area contributed by atoms with E-state index in [1.165, 1.54) is 24.2 Å². The molecule has 0 N–H and O–H groups in total. The van der Waals surface area contributed by atoms with Crippen molar-refractivity contribution >= 4 is 12.0 Å². The summed E-state index contributed by atoms with van der Waals surface area (Å²) in [6.45, 7) is 4.23. The Morgan fingerprint density at radius 2 is 1.88 bits per heavy atom. The maximum atomic E-state index is 12.8. The molecule has 2 aliphatic rings. The standard InChI is InChI=1S/C20H25NO3/c1-15(12-16-8-4-2-5-9-16)19(22)21-18(14-24-20(21)23)13-17-10-6-3-7-11-17/h3,6-7,10-11,16,18H,1-2,4-5,8-9,12-14H2/t18-/m0/s1. The van der Waals surface area contributed by atoms with Crippen LogP contribution in [0.3, 0.4) is 0 Å². The second kappa shape index (κ2) is 7.65. The summed E-state index contributed by atoms with van der Waals surface area (Å²) in [5.74, 6) is 0.269. The smallest absolute Gasteiger partial charge is 0.417 e. The minimum Gasteiger partial charge on any atom is -0.447 e. The van der Waals surface area contributed by atoms with Crippen LogP contribution >= 0.6 is 0 Å². The minimum absolute atomic E-state index is 0.240. The van der Waals surface area contributed by atoms with E-state index in [2.05, 4.69) is 6.58 Å². The zero-order valence-corrected chi connectivity index (χ0v) is 14.1. The van der Waals surface area contributed by atoms with Crippen molar-refractivity contribution in [3.63, 3.8) is 0 Å². The summed E-state index contributed by atoms with van der Waals surface area (Å²) in [5, 5.41) is 0. The second-order valence-corrected chi connectivity index (χ2v) is 6.91. The highest BCUT2D eigenvalue weighted by Gasteiger charge is 2.38. The Morgan fingerprint density at radius 3 is 2.58 bits per heavy atom. The number of benzene rings is 1. The summed E-state index contributed by atoms with van der Waals surface area (Å²) < 4.78 is 5.14. The van der Waals surface area contributed by atoms with Gasteiger partial charge in [0, 0.05) is 5.57 Å². The number of rotatable bonds is 5. The van der Waals surface area contributed by atoms with Gasteiger partial charge in [0.25, 0.3) is 5.91 Å². The minimum atomic E-state index is -0.536. The van der Waals surface area contributed by atoms with Gasteiger partial charge >= 0.3 is 6.09 Å². The summed E-state index contributed by atoms with van der Waals surface area (Å²) in [4.78, 5) is 26.1. The molecule has 3 rings (SSSR count). The van der Waals surface area contributed by atoms with E-state index in [1.54, 1.807) is 0 Å². The molecule has 1 aliphatic carbocycles. The van der Waals surface area contributed by atoms with Crippen LogP contribution in [0, 0.1) is 5.92 Å². The first-order chi connectivity index (χ1) is 11.6. The van der Waals surface area contributed by atoms with E-state index in [4.69, 9.17) is 4.74 Å². The summed E-state index contributed by atoms with van der Waals surface area (Å²) in [6.07, 6.45) is 6.84. The fourth-order valence-electron chi connectivity index (χ4n) is 3.74. The Hall–Kier alpha value is -2.10. The van der Waals surface area contributed by atoms with Crippen LogP contribution in [0.5, 0.6) is 0 Å². The Kier molecular flexibility index (Phi) is 5.34. The van der Waals surface area contributed by atoms with Crippen molar-refractivity contribution < 1.29 is 14.3 Å². The summed E-state index contributed by atoms with van der Waals surface area (Å²) in [7, 11) is 0. The molecule has 0 spiro atoms. The lowest BCUT2D eigenvalue weighted by molar-refractivity contribution is -0.125. The summed E-state index contributed by atoms with van der Waals surface area (Å²) >= 11 is 0. The first-order valence-electron chi connectivity index (χ1n) is 8.87. The molecule has 4 nitrogen and oxygen atoms in total. The van der Waals surface area contributed by atoms with Gasteiger partial charge in [-0.05, 0) is 24.3 Å². The van der Waals surface area contributed by atoms with Crippen LogP contribution in [-0.2, 0) is 16.0 Å². The highest BCUT2D eigenvalue weighted by atomic mass is 16.6. The molecule has 2 fully saturated rings. The maximum absolute atomic E-state index is 12.8. The Balaban J connectivity index is 1.64. The lowest BCUT2D eigenvalue weighted by atomic mass is 9.85. The molecule has 0 radical (unpaired) electrons. The van der Waals surface area contributed by atoms with Gasteiger partial charge in [-0.25, -0.2) is 9.69 Å². The SMILES string of the molecule is C=C(CC1CCCCC1)C(=O)N1C(=O)OC[C@@H]1Cc1ccccc1. The topological polar surface area (TPSA) is 46.6 Å². The van der Waals surface area contributed by atoms with Crippen LogP contribution in [0.15, 0.2) is 42.5 Å². The molecular weight excluding hydrogens is 302 g/mol. The predicted molar refractivity (Wildman–Crippen MR) is 92.5 cm³/mol. The third-order valence-electron chi connectivity index (χ3n) is 5.06. The monoisotopic (exact) mass is 327 g/mol. The van der Waals surface area contributed by atoms with Crippen LogP contribution in [0.4, 0.5) is 4.79 Å². The number of hydrogen-bond donors (Lipinski definition) is 0. The van der Waals surface area contributed by atoms with Crippen LogP contribution in [0.1, 0.15) is 44.1 Å². The molecule has 1 aliphatic heterocycles. The number of nitrogens with zero attached hydrogens (tertiary/aromatic N) is 1. The van der Waals surface area contributed by atoms with E-state index in [0.717, 1.165) is 18.4 Å². The largest absolute Gasteiger partial charge is 0.447 e. The van der Waals surface area contributed by atoms with Crippen LogP contribution in [0.25, 0.3) is 0 Å². The number of cyclic esters (lactones) is 1. The molecule has 1 aromatic rings. The van der Waals surface area contributed by atoms with E-state index in [1.807, 2.05) is 30.3 Å². The van der Waals surface area contributed by atoms with E-state index in [0.29, 0.717) is 24.3 Å². The molecule has 1 atom stereocenters. The number of amides is 2. The summed E-state index contributed by atoms with van der Waals surface area (Å²) in [6, 6.07) is 9.64. The van der Waals surface area contributed by atoms with E-state index < -0.39 is 6.09 Å². The van der Waals surface area contributed by atoms with Gasteiger partial charge in [0.15, 0.2) is 0 Å². The normalized spacial score (nSPS) is 21.6. The molecule has 4 heteroatoms. The van der Waals surface area contributed by atoms with Gasteiger partial charge in [-0.15, -0.1) is 0 Å². The van der Waals surface area contributed by atoms with Gasteiger partial charge in [-0.2, -0.15) is 0 Å². The lowest BCUT2D eigenvalue weighted by Crippen LogP contribution is -2.41. The summed E-state index contributed by atoms with van der Waals surface area (Å²) in [5.41, 5.74) is 1.63. The number of carbonyl (C=O) groups excluding carboxylic acids is 2. The van der Waals surface area contributed by atoms with Crippen molar-refractivity contribution in [1.29, 1.82) is 0 Å². The third-order valence-corrected chi connectivity index (χ3v) is 5.06. The molecule has 0 unspecified atom stereocenters. The fourth-order valence-corrected chi connectivity index (χ4v) is 3.74. The predicted octanol–water partition coefficient (Wildman–Crippen LogP) is 4.10. The fraction of sp³-hybridized carbons (Fsp3) is 0.500. The van der Waals surface area contributed by atoms with E-state index in [-0.39, 0.29) is 18.6 Å². The van der Waals surface area contributed by atoms with Crippen molar-refractivity contribution in [1.82, 2.24) is 4.90 Å². The Morgan fingerprint density at radius 1 is 1.17 bits per heavy atom. The maximum Gasteiger partial charge on any atom is 0.417 e. The van der Waals surface area contributed by atoms with Gasteiger partial charge in [-0.3, -0.25) is 4.79 Å². The van der Waals surface area contributed by atoms with Crippen molar-refractivity contribution in [2.75, 3.05) is 6.61 Å². The average Bonchev–Trinajstić information content (AvgIpc) is 2.96. The quantitative estimate of drug-likeness (QED) is 0.765. The first kappa shape index (κ1) is 16.7. The van der Waals surface area contributed by atoms with Crippen molar-refractivity contribution in [2.24, 2.45) is 5.92 Å². The molecule has 2 amide bonds. The number of imide groups is 1. The Labute approximate surface area is 143 Å². The van der Waals surface area contributed by atoms with Gasteiger partial charge in [0.05, 0.1) is 6.04 Å². The molecule has 1 saturated carbocycles. The Bertz CT molecular complexity index is 605. The van der Waals surface area contributed by atoms with Crippen LogP contribution in [0.2, 0.25) is 0 Å². The van der Waals surface area contributed by atoms with Gasteiger partial charge in [0.1, 0.15) is 6.61 Å². The van der Waals surface area contributed by atoms with E-state index in [9.17, 15) is 9.59 Å². The number of hydrogen-bond acceptors (Lipinski definition) is 3. The second-order valence-electron chi connectivity index (χ2n) is 6.91. The molecule has 1 aromatic carbocycles. The molecule has 0 aromatic heterocycles. The molecule has 128 valence electrons. The van der Waals surface area contributed by atoms with Gasteiger partial charge in [-0.1, -0.05) is 69.0 Å². The average molecular weight is 327 g/mol. The number of ether oxygens (including phenoxy) is 1. The van der Waals surface area contributed by atoms with Crippen molar-refractivity contribution in [3.05, 3.63) is 48.0 Å². The highest BCUT2D eigenvalue weighted by Crippen LogP contribution is 2.30. The highest BCUT2D eigenvalue weighted by molar-refractivity contribution is 6.03. The molecule has 1 saturated heterocycles. The van der Waals surface area contributed by atoms with E-state index >= 15 is 0 Å². The van der Waals surface area contributed by atoms with Gasteiger partial charge < -0.3 is 4.74 Å². The number of carbonyl (C=O) groups is 2. The molecule has 1 heterocycles. The molecule has 0 bridgehead atoms. The zero-order chi connectivity index (χ0) is 16.9. The molecule has 24 heavy (non-hydrogen) atoms. The van der Waals surface area contributed by atoms with Crippen molar-refractivity contribution in [3.8, 4) is 0 Å². The van der Waals surface area contributed by atoms with Crippen LogP contribution in [-0.4, -0.2) is 29.5 Å². The zero-order valence-electron chi connectivity index (χ0n) is 14.1. The lowest BCUT2D eigenvalue weighted by Gasteiger charge is -2.25.